The van der Waals surface area contributed by atoms with Crippen molar-refractivity contribution in [2.45, 2.75) is 0 Å². The third kappa shape index (κ3) is 1.46. The highest BCUT2D eigenvalue weighted by atomic mass is 35.5. The second-order valence-electron chi connectivity index (χ2n) is 1.98. The van der Waals surface area contributed by atoms with Gasteiger partial charge in [0, 0.05) is 11.1 Å². The normalized spacial score (nSPS) is 9.18. The smallest absolute Gasteiger partial charge is 0.152 e. The highest BCUT2D eigenvalue weighted by Gasteiger charge is 2.03. The number of rotatable bonds is 2. The van der Waals surface area contributed by atoms with Crippen LogP contribution in [0.3, 0.4) is 0 Å². The lowest BCUT2D eigenvalue weighted by Gasteiger charge is -1.96. The molecule has 0 spiro atoms. The minimum absolute atomic E-state index is 0.254. The molecule has 0 amide bonds. The van der Waals surface area contributed by atoms with Crippen molar-refractivity contribution < 1.29 is 9.59 Å². The predicted octanol–water partition coefficient (Wildman–Crippen LogP) is 1.97. The molecule has 0 radical (unpaired) electrons. The summed E-state index contributed by atoms with van der Waals surface area (Å²) < 4.78 is 0. The van der Waals surface area contributed by atoms with Crippen LogP contribution in [0.2, 0.25) is 5.02 Å². The Morgan fingerprint density at radius 2 is 1.91 bits per heavy atom. The van der Waals surface area contributed by atoms with Gasteiger partial charge in [0.25, 0.3) is 0 Å². The van der Waals surface area contributed by atoms with E-state index in [0.717, 1.165) is 0 Å². The number of carbonyl (C=O) groups is 2. The Hall–Kier alpha value is -1.15. The summed E-state index contributed by atoms with van der Waals surface area (Å²) in [6, 6.07) is 4.74. The lowest BCUT2D eigenvalue weighted by Crippen LogP contribution is -1.90. The second kappa shape index (κ2) is 3.30. The summed E-state index contributed by atoms with van der Waals surface area (Å²) in [6.45, 7) is 0. The summed E-state index contributed by atoms with van der Waals surface area (Å²) in [4.78, 5) is 20.7. The quantitative estimate of drug-likeness (QED) is 0.633. The highest BCUT2D eigenvalue weighted by Crippen LogP contribution is 2.16. The first-order valence-corrected chi connectivity index (χ1v) is 3.36. The first-order chi connectivity index (χ1) is 5.29. The number of carbonyl (C=O) groups excluding carboxylic acids is 2. The number of hydrogen-bond donors (Lipinski definition) is 0. The van der Waals surface area contributed by atoms with Gasteiger partial charge >= 0.3 is 0 Å². The van der Waals surface area contributed by atoms with Crippen LogP contribution in [0.5, 0.6) is 0 Å². The van der Waals surface area contributed by atoms with E-state index in [4.69, 9.17) is 11.6 Å². The van der Waals surface area contributed by atoms with E-state index in [9.17, 15) is 9.59 Å². The van der Waals surface area contributed by atoms with Crippen LogP contribution >= 0.6 is 11.6 Å². The van der Waals surface area contributed by atoms with Crippen molar-refractivity contribution in [1.82, 2.24) is 0 Å². The molecule has 1 aromatic carbocycles. The summed E-state index contributed by atoms with van der Waals surface area (Å²) in [5.41, 5.74) is 0.580. The van der Waals surface area contributed by atoms with Gasteiger partial charge in [-0.15, -0.1) is 0 Å². The molecule has 3 heteroatoms. The first kappa shape index (κ1) is 7.95. The maximum Gasteiger partial charge on any atom is 0.152 e. The molecule has 0 unspecified atom stereocenters. The van der Waals surface area contributed by atoms with Gasteiger partial charge in [0.15, 0.2) is 12.6 Å². The monoisotopic (exact) mass is 168 g/mol. The molecule has 11 heavy (non-hydrogen) atoms. The molecule has 0 bridgehead atoms. The lowest BCUT2D eigenvalue weighted by atomic mass is 10.1. The molecule has 0 saturated carbocycles. The summed E-state index contributed by atoms with van der Waals surface area (Å²) in [5.74, 6) is 0. The van der Waals surface area contributed by atoms with Crippen LogP contribution in [0.1, 0.15) is 20.7 Å². The maximum absolute atomic E-state index is 10.4. The number of benzene rings is 1. The molecule has 0 atom stereocenters. The fourth-order valence-corrected chi connectivity index (χ4v) is 1.01. The molecule has 0 N–H and O–H groups in total. The van der Waals surface area contributed by atoms with Gasteiger partial charge in [-0.1, -0.05) is 23.7 Å². The molecule has 1 aromatic rings. The van der Waals surface area contributed by atoms with Crippen LogP contribution in [0.4, 0.5) is 0 Å². The highest BCUT2D eigenvalue weighted by molar-refractivity contribution is 6.33. The number of aldehydes is 2. The van der Waals surface area contributed by atoms with Crippen molar-refractivity contribution in [3.8, 4) is 0 Å². The van der Waals surface area contributed by atoms with Crippen molar-refractivity contribution >= 4 is 24.2 Å². The van der Waals surface area contributed by atoms with E-state index in [2.05, 4.69) is 0 Å². The van der Waals surface area contributed by atoms with E-state index >= 15 is 0 Å². The van der Waals surface area contributed by atoms with Crippen molar-refractivity contribution in [2.75, 3.05) is 0 Å². The third-order valence-electron chi connectivity index (χ3n) is 1.33. The summed E-state index contributed by atoms with van der Waals surface area (Å²) in [6.07, 6.45) is 1.18. The Morgan fingerprint density at radius 1 is 1.18 bits per heavy atom. The molecule has 0 aliphatic carbocycles. The molecule has 0 aliphatic heterocycles. The Bertz CT molecular complexity index is 294. The van der Waals surface area contributed by atoms with Crippen molar-refractivity contribution in [3.05, 3.63) is 34.3 Å². The molecule has 0 aromatic heterocycles. The minimum Gasteiger partial charge on any atom is -0.298 e. The van der Waals surface area contributed by atoms with E-state index in [1.165, 1.54) is 0 Å². The van der Waals surface area contributed by atoms with Crippen molar-refractivity contribution in [2.24, 2.45) is 0 Å². The number of hydrogen-bond acceptors (Lipinski definition) is 2. The molecule has 2 nitrogen and oxygen atoms in total. The van der Waals surface area contributed by atoms with Gasteiger partial charge in [-0.25, -0.2) is 0 Å². The molecule has 56 valence electrons. The molecule has 0 saturated heterocycles. The largest absolute Gasteiger partial charge is 0.298 e. The molecule has 0 aliphatic rings. The van der Waals surface area contributed by atoms with Crippen LogP contribution in [0.15, 0.2) is 18.2 Å². The third-order valence-corrected chi connectivity index (χ3v) is 1.66. The molecule has 1 rings (SSSR count). The van der Waals surface area contributed by atoms with Gasteiger partial charge in [-0.2, -0.15) is 0 Å². The van der Waals surface area contributed by atoms with Gasteiger partial charge in [0.1, 0.15) is 0 Å². The lowest BCUT2D eigenvalue weighted by molar-refractivity contribution is 0.109. The van der Waals surface area contributed by atoms with E-state index < -0.39 is 0 Å². The molecular weight excluding hydrogens is 164 g/mol. The van der Waals surface area contributed by atoms with Gasteiger partial charge in [-0.3, -0.25) is 9.59 Å². The summed E-state index contributed by atoms with van der Waals surface area (Å²) in [7, 11) is 0. The van der Waals surface area contributed by atoms with Crippen molar-refractivity contribution in [1.29, 1.82) is 0 Å². The zero-order valence-electron chi connectivity index (χ0n) is 5.58. The van der Waals surface area contributed by atoms with E-state index in [1.807, 2.05) is 0 Å². The van der Waals surface area contributed by atoms with Crippen LogP contribution in [-0.4, -0.2) is 12.6 Å². The molecule has 0 heterocycles. The van der Waals surface area contributed by atoms with E-state index in [-0.39, 0.29) is 5.56 Å². The van der Waals surface area contributed by atoms with Crippen LogP contribution < -0.4 is 0 Å². The van der Waals surface area contributed by atoms with Crippen LogP contribution in [-0.2, 0) is 0 Å². The van der Waals surface area contributed by atoms with E-state index in [0.29, 0.717) is 23.2 Å². The molecular formula is C8H5ClO2. The van der Waals surface area contributed by atoms with E-state index in [1.54, 1.807) is 18.2 Å². The predicted molar refractivity (Wildman–Crippen MR) is 42.2 cm³/mol. The summed E-state index contributed by atoms with van der Waals surface area (Å²) >= 11 is 5.62. The minimum atomic E-state index is 0.254. The summed E-state index contributed by atoms with van der Waals surface area (Å²) in [5, 5.41) is 0.310. The average molecular weight is 169 g/mol. The van der Waals surface area contributed by atoms with Crippen molar-refractivity contribution in [3.63, 3.8) is 0 Å². The zero-order valence-corrected chi connectivity index (χ0v) is 6.34. The fraction of sp³-hybridized carbons (Fsp3) is 0. The zero-order chi connectivity index (χ0) is 8.27. The topological polar surface area (TPSA) is 34.1 Å². The van der Waals surface area contributed by atoms with Gasteiger partial charge in [0.05, 0.1) is 5.02 Å². The van der Waals surface area contributed by atoms with Gasteiger partial charge < -0.3 is 0 Å². The second-order valence-corrected chi connectivity index (χ2v) is 2.39. The SMILES string of the molecule is O=Cc1cccc(Cl)c1C=O. The average Bonchev–Trinajstić information content (AvgIpc) is 2.04. The number of halogens is 1. The fourth-order valence-electron chi connectivity index (χ4n) is 0.781. The Kier molecular flexibility index (Phi) is 2.39. The molecule has 0 fully saturated rings. The Labute approximate surface area is 68.8 Å². The first-order valence-electron chi connectivity index (χ1n) is 2.98. The van der Waals surface area contributed by atoms with Crippen LogP contribution in [0.25, 0.3) is 0 Å². The van der Waals surface area contributed by atoms with Gasteiger partial charge in [-0.05, 0) is 6.07 Å². The Morgan fingerprint density at radius 3 is 2.36 bits per heavy atom. The van der Waals surface area contributed by atoms with Crippen LogP contribution in [0, 0.1) is 0 Å². The maximum atomic E-state index is 10.4. The van der Waals surface area contributed by atoms with Gasteiger partial charge in [0.2, 0.25) is 0 Å². The Balaban J connectivity index is 3.35. The standard InChI is InChI=1S/C8H5ClO2/c9-8-3-1-2-6(4-10)7(8)5-11/h1-5H.